The van der Waals surface area contributed by atoms with Crippen molar-refractivity contribution in [3.63, 3.8) is 0 Å². The molecule has 0 radical (unpaired) electrons. The second-order valence-corrected chi connectivity index (χ2v) is 15.0. The molecule has 1 saturated heterocycles. The molecule has 4 aromatic heterocycles. The van der Waals surface area contributed by atoms with Gasteiger partial charge in [-0.2, -0.15) is 0 Å². The smallest absolute Gasteiger partial charge is 0.271 e. The van der Waals surface area contributed by atoms with Crippen molar-refractivity contribution in [2.75, 3.05) is 25.0 Å². The maximum Gasteiger partial charge on any atom is 0.271 e. The Morgan fingerprint density at radius 1 is 1.00 bits per heavy atom. The average molecular weight is 720 g/mol. The van der Waals surface area contributed by atoms with Crippen molar-refractivity contribution in [3.8, 4) is 33.5 Å². The molecule has 0 unspecified atom stereocenters. The monoisotopic (exact) mass is 719 g/mol. The van der Waals surface area contributed by atoms with E-state index < -0.39 is 23.1 Å². The van der Waals surface area contributed by atoms with Gasteiger partial charge in [-0.05, 0) is 85.4 Å². The number of carbonyl (C=O) groups is 1. The van der Waals surface area contributed by atoms with E-state index in [0.717, 1.165) is 41.0 Å². The molecule has 0 atom stereocenters. The topological polar surface area (TPSA) is 98.6 Å². The fourth-order valence-corrected chi connectivity index (χ4v) is 7.63. The minimum absolute atomic E-state index is 0.0494. The van der Waals surface area contributed by atoms with Gasteiger partial charge in [0.25, 0.3) is 11.5 Å². The standard InChI is InChI=1S/C40H35F2N5O4S/c1-40(2)13-16-46(17-14-40)22-24-3-9-30(44-21-24)34-20-31-37(52-34)33(11-15-43-31)51-32-10-6-27(19-29(32)42)45-38(48)35-36-25(12-18-50-36)23-47(39(35)49)28-7-4-26(41)5-8-28/h3-11,15,19-21,23H,12-14,16-18,22H2,1-2H3,(H,45,48). The number of pyridine rings is 3. The number of hydrogen-bond acceptors (Lipinski definition) is 8. The minimum Gasteiger partial charge on any atom is -0.492 e. The van der Waals surface area contributed by atoms with Crippen LogP contribution in [0.3, 0.4) is 0 Å². The highest BCUT2D eigenvalue weighted by molar-refractivity contribution is 7.22. The number of anilines is 1. The number of nitrogens with one attached hydrogen (secondary N) is 1. The fourth-order valence-electron chi connectivity index (χ4n) is 6.58. The van der Waals surface area contributed by atoms with Crippen molar-refractivity contribution in [2.24, 2.45) is 5.41 Å². The van der Waals surface area contributed by atoms with E-state index in [1.807, 2.05) is 18.3 Å². The number of halogens is 2. The summed E-state index contributed by atoms with van der Waals surface area (Å²) in [7, 11) is 0. The van der Waals surface area contributed by atoms with Gasteiger partial charge in [-0.25, -0.2) is 8.78 Å². The summed E-state index contributed by atoms with van der Waals surface area (Å²) in [5.74, 6) is -1.36. The summed E-state index contributed by atoms with van der Waals surface area (Å²) < 4.78 is 42.8. The van der Waals surface area contributed by atoms with Gasteiger partial charge in [0.05, 0.1) is 27.4 Å². The molecule has 264 valence electrons. The third-order valence-corrected chi connectivity index (χ3v) is 10.8. The van der Waals surface area contributed by atoms with Gasteiger partial charge in [0, 0.05) is 60.6 Å². The first-order chi connectivity index (χ1) is 25.1. The average Bonchev–Trinajstić information content (AvgIpc) is 3.79. The Kier molecular flexibility index (Phi) is 8.80. The molecule has 6 heterocycles. The molecule has 1 fully saturated rings. The zero-order valence-corrected chi connectivity index (χ0v) is 29.4. The number of likely N-dealkylation sites (tertiary alicyclic amines) is 1. The van der Waals surface area contributed by atoms with Crippen LogP contribution in [0.5, 0.6) is 17.2 Å². The summed E-state index contributed by atoms with van der Waals surface area (Å²) in [5.41, 5.74) is 3.42. The van der Waals surface area contributed by atoms with Gasteiger partial charge in [0.1, 0.15) is 22.9 Å². The molecule has 0 aliphatic carbocycles. The van der Waals surface area contributed by atoms with Crippen molar-refractivity contribution >= 4 is 33.1 Å². The maximum atomic E-state index is 15.5. The molecule has 0 saturated carbocycles. The Labute approximate surface area is 302 Å². The molecule has 2 aliphatic heterocycles. The van der Waals surface area contributed by atoms with Crippen LogP contribution in [0.1, 0.15) is 48.2 Å². The lowest BCUT2D eigenvalue weighted by atomic mass is 9.82. The van der Waals surface area contributed by atoms with E-state index in [-0.39, 0.29) is 22.7 Å². The highest BCUT2D eigenvalue weighted by Gasteiger charge is 2.28. The van der Waals surface area contributed by atoms with Gasteiger partial charge >= 0.3 is 0 Å². The highest BCUT2D eigenvalue weighted by Crippen LogP contribution is 2.40. The molecule has 0 bridgehead atoms. The Balaban J connectivity index is 0.985. The molecule has 12 heteroatoms. The predicted molar refractivity (Wildman–Crippen MR) is 197 cm³/mol. The van der Waals surface area contributed by atoms with Crippen LogP contribution >= 0.6 is 11.3 Å². The van der Waals surface area contributed by atoms with Gasteiger partial charge in [-0.15, -0.1) is 11.3 Å². The zero-order valence-electron chi connectivity index (χ0n) is 28.6. The van der Waals surface area contributed by atoms with Crippen LogP contribution in [0.4, 0.5) is 14.5 Å². The van der Waals surface area contributed by atoms with Crippen LogP contribution in [0, 0.1) is 17.0 Å². The van der Waals surface area contributed by atoms with Crippen molar-refractivity contribution in [1.82, 2.24) is 19.4 Å². The second kappa shape index (κ2) is 13.6. The van der Waals surface area contributed by atoms with Gasteiger partial charge in [0.2, 0.25) is 0 Å². The van der Waals surface area contributed by atoms with Crippen LogP contribution in [-0.2, 0) is 13.0 Å². The van der Waals surface area contributed by atoms with Gasteiger partial charge < -0.3 is 14.8 Å². The van der Waals surface area contributed by atoms with E-state index >= 15 is 4.39 Å². The normalized spacial score (nSPS) is 15.3. The van der Waals surface area contributed by atoms with Gasteiger partial charge in [-0.1, -0.05) is 19.9 Å². The molecule has 1 amide bonds. The van der Waals surface area contributed by atoms with Crippen molar-refractivity contribution in [2.45, 2.75) is 39.7 Å². The SMILES string of the molecule is CC1(C)CCN(Cc2ccc(-c3cc4nccc(Oc5ccc(NC(=O)c6c7c(cn(-c8ccc(F)cc8)c6=O)CCO7)cc5F)c4s3)nc2)CC1. The predicted octanol–water partition coefficient (Wildman–Crippen LogP) is 8.39. The van der Waals surface area contributed by atoms with E-state index in [9.17, 15) is 14.0 Å². The number of piperidine rings is 1. The summed E-state index contributed by atoms with van der Waals surface area (Å²) in [6.45, 7) is 8.02. The molecule has 8 rings (SSSR count). The molecule has 6 aromatic rings. The highest BCUT2D eigenvalue weighted by atomic mass is 32.1. The van der Waals surface area contributed by atoms with Crippen LogP contribution in [-0.4, -0.2) is 45.0 Å². The lowest BCUT2D eigenvalue weighted by Crippen LogP contribution is -2.36. The Morgan fingerprint density at radius 2 is 1.81 bits per heavy atom. The molecular weight excluding hydrogens is 685 g/mol. The fraction of sp³-hybridized carbons (Fsp3) is 0.250. The summed E-state index contributed by atoms with van der Waals surface area (Å²) in [6.07, 6.45) is 8.01. The number of ether oxygens (including phenoxy) is 2. The molecule has 0 spiro atoms. The Morgan fingerprint density at radius 3 is 2.56 bits per heavy atom. The molecular formula is C40H35F2N5O4S. The quantitative estimate of drug-likeness (QED) is 0.169. The molecule has 2 aliphatic rings. The summed E-state index contributed by atoms with van der Waals surface area (Å²) in [4.78, 5) is 39.6. The van der Waals surface area contributed by atoms with E-state index in [2.05, 4.69) is 35.1 Å². The maximum absolute atomic E-state index is 15.5. The summed E-state index contributed by atoms with van der Waals surface area (Å²) in [5, 5.41) is 2.62. The van der Waals surface area contributed by atoms with Crippen LogP contribution in [0.25, 0.3) is 26.5 Å². The third kappa shape index (κ3) is 6.79. The number of benzene rings is 2. The number of thiophene rings is 1. The minimum atomic E-state index is -0.758. The van der Waals surface area contributed by atoms with Crippen LogP contribution < -0.4 is 20.3 Å². The van der Waals surface area contributed by atoms with E-state index in [0.29, 0.717) is 41.0 Å². The first kappa shape index (κ1) is 33.7. The lowest BCUT2D eigenvalue weighted by molar-refractivity contribution is 0.102. The van der Waals surface area contributed by atoms with Crippen LogP contribution in [0.15, 0.2) is 90.1 Å². The van der Waals surface area contributed by atoms with Crippen molar-refractivity contribution < 1.29 is 23.0 Å². The molecule has 52 heavy (non-hydrogen) atoms. The number of fused-ring (bicyclic) bond motifs is 2. The zero-order chi connectivity index (χ0) is 36.0. The number of rotatable bonds is 8. The number of aromatic nitrogens is 3. The van der Waals surface area contributed by atoms with E-state index in [1.165, 1.54) is 70.7 Å². The number of carbonyl (C=O) groups excluding carboxylic acids is 1. The summed E-state index contributed by atoms with van der Waals surface area (Å²) in [6, 6.07) is 17.2. The van der Waals surface area contributed by atoms with Gasteiger partial charge in [0.15, 0.2) is 11.6 Å². The molecule has 1 N–H and O–H groups in total. The number of amides is 1. The number of hydrogen-bond donors (Lipinski definition) is 1. The van der Waals surface area contributed by atoms with Crippen molar-refractivity contribution in [1.29, 1.82) is 0 Å². The number of nitrogens with zero attached hydrogens (tertiary/aromatic N) is 4. The first-order valence-corrected chi connectivity index (χ1v) is 17.9. The largest absolute Gasteiger partial charge is 0.492 e. The van der Waals surface area contributed by atoms with Crippen molar-refractivity contribution in [3.05, 3.63) is 124 Å². The molecule has 2 aromatic carbocycles. The van der Waals surface area contributed by atoms with Crippen LogP contribution in [0.2, 0.25) is 0 Å². The molecule has 9 nitrogen and oxygen atoms in total. The van der Waals surface area contributed by atoms with E-state index in [1.54, 1.807) is 18.5 Å². The van der Waals surface area contributed by atoms with E-state index in [4.69, 9.17) is 14.5 Å². The third-order valence-electron chi connectivity index (χ3n) is 9.66. The van der Waals surface area contributed by atoms with Gasteiger partial charge in [-0.3, -0.25) is 29.0 Å². The Hall–Kier alpha value is -5.46. The lowest BCUT2D eigenvalue weighted by Gasteiger charge is -2.36. The summed E-state index contributed by atoms with van der Waals surface area (Å²) >= 11 is 1.46. The second-order valence-electron chi connectivity index (χ2n) is 13.9. The first-order valence-electron chi connectivity index (χ1n) is 17.1. The Bertz CT molecular complexity index is 2360.